The topological polar surface area (TPSA) is 140 Å². The number of nitrogens with zero attached hydrogens (tertiary/aromatic N) is 1. The molecule has 0 radical (unpaired) electrons. The Morgan fingerprint density at radius 1 is 0.696 bits per heavy atom. The number of aromatic nitrogens is 1. The summed E-state index contributed by atoms with van der Waals surface area (Å²) < 4.78 is 49.8. The number of oxazole rings is 1. The fourth-order valence-electron chi connectivity index (χ4n) is 8.49. The van der Waals surface area contributed by atoms with Crippen molar-refractivity contribution in [2.24, 2.45) is 5.92 Å². The molecule has 69 heavy (non-hydrogen) atoms. The summed E-state index contributed by atoms with van der Waals surface area (Å²) in [6.45, 7) is 4.14. The molecule has 7 aromatic carbocycles. The highest BCUT2D eigenvalue weighted by Crippen LogP contribution is 2.44. The normalized spacial score (nSPS) is 17.6. The van der Waals surface area contributed by atoms with Gasteiger partial charge in [-0.05, 0) is 58.9 Å². The van der Waals surface area contributed by atoms with Gasteiger partial charge in [-0.2, -0.15) is 4.72 Å². The van der Waals surface area contributed by atoms with Crippen LogP contribution in [0.25, 0.3) is 33.7 Å². The lowest BCUT2D eigenvalue weighted by Crippen LogP contribution is -2.47. The summed E-state index contributed by atoms with van der Waals surface area (Å²) in [5.74, 6) is 0.761. The molecule has 1 amide bonds. The third kappa shape index (κ3) is 11.5. The minimum Gasteiger partial charge on any atom is -0.431 e. The van der Waals surface area contributed by atoms with Gasteiger partial charge in [-0.25, -0.2) is 13.4 Å². The van der Waals surface area contributed by atoms with E-state index in [1.807, 2.05) is 171 Å². The maximum Gasteiger partial charge on any atom is 0.256 e. The van der Waals surface area contributed by atoms with E-state index in [2.05, 4.69) is 17.0 Å². The second-order valence-corrected chi connectivity index (χ2v) is 19.9. The Bertz CT molecular complexity index is 3000. The van der Waals surface area contributed by atoms with Crippen LogP contribution in [-0.2, 0) is 43.9 Å². The van der Waals surface area contributed by atoms with Gasteiger partial charge in [0.15, 0.2) is 12.1 Å². The fourth-order valence-corrected chi connectivity index (χ4v) is 10.7. The van der Waals surface area contributed by atoms with Crippen LogP contribution in [-0.4, -0.2) is 42.3 Å². The van der Waals surface area contributed by atoms with Crippen LogP contribution in [0.2, 0.25) is 0 Å². The number of rotatable bonds is 17. The van der Waals surface area contributed by atoms with Crippen molar-refractivity contribution >= 4 is 27.7 Å². The quantitative estimate of drug-likeness (QED) is 0.0761. The number of ether oxygens (including phenoxy) is 2. The zero-order chi connectivity index (χ0) is 47.7. The average molecular weight is 956 g/mol. The molecule has 350 valence electrons. The lowest BCUT2D eigenvalue weighted by atomic mass is 9.91. The molecule has 0 spiro atoms. The lowest BCUT2D eigenvalue weighted by Gasteiger charge is -2.41. The first kappa shape index (κ1) is 47.4. The van der Waals surface area contributed by atoms with Crippen LogP contribution < -0.4 is 10.0 Å². The van der Waals surface area contributed by atoms with Crippen molar-refractivity contribution in [2.45, 2.75) is 68.1 Å². The summed E-state index contributed by atoms with van der Waals surface area (Å²) in [5, 5.41) is 13.4. The van der Waals surface area contributed by atoms with Crippen molar-refractivity contribution in [2.75, 3.05) is 5.75 Å². The Hall–Kier alpha value is -6.64. The molecule has 1 fully saturated rings. The molecule has 5 atom stereocenters. The predicted molar refractivity (Wildman–Crippen MR) is 270 cm³/mol. The molecule has 0 saturated carbocycles. The van der Waals surface area contributed by atoms with Crippen molar-refractivity contribution < 1.29 is 32.2 Å². The third-order valence-electron chi connectivity index (χ3n) is 12.4. The molecule has 0 unspecified atom stereocenters. The highest BCUT2D eigenvalue weighted by molar-refractivity contribution is 7.99. The molecular weight excluding hydrogens is 903 g/mol. The highest BCUT2D eigenvalue weighted by atomic mass is 32.2. The van der Waals surface area contributed by atoms with E-state index >= 15 is 0 Å². The van der Waals surface area contributed by atoms with E-state index in [-0.39, 0.29) is 42.6 Å². The first-order valence-electron chi connectivity index (χ1n) is 23.0. The van der Waals surface area contributed by atoms with Crippen molar-refractivity contribution in [1.82, 2.24) is 15.0 Å². The van der Waals surface area contributed by atoms with Crippen molar-refractivity contribution in [3.8, 4) is 33.7 Å². The molecule has 1 aliphatic rings. The smallest absolute Gasteiger partial charge is 0.256 e. The van der Waals surface area contributed by atoms with Crippen LogP contribution in [0.1, 0.15) is 52.7 Å². The SMILES string of the molecule is Cc1ccc(S(=O)(=O)N[C@H](Cc2ccccc2)C(=O)NCc2ccccc2-c2ccc([C@H]3O[C@@H](CSc4nc(-c5ccccc5)c(-c5ccccc5)o4)[C@@H](C)[C@@H](c4ccc(CO)cc4)O3)cc2)cc1. The molecule has 1 saturated heterocycles. The molecule has 3 N–H and O–H groups in total. The number of carbonyl (C=O) groups excluding carboxylic acids is 1. The standard InChI is InChI=1S/C57H53N3O7S2/c1-38-22-32-48(33-23-38)69(63,64)60-50(34-40-14-6-3-7-15-40)55(62)58-35-47-20-12-13-21-49(47)42-28-30-46(31-29-42)56-65-51(39(2)53(66-56)45-26-24-41(36-61)25-27-45)37-68-57-59-52(43-16-8-4-9-17-43)54(67-57)44-18-10-5-11-19-44/h3-33,39,50-51,53,56,60-61H,34-37H2,1-2H3,(H,58,62)/t39-,50-,51+,53+,56+/m1/s1. The lowest BCUT2D eigenvalue weighted by molar-refractivity contribution is -0.268. The summed E-state index contributed by atoms with van der Waals surface area (Å²) in [6, 6.07) is 58.6. The number of carbonyl (C=O) groups is 1. The highest BCUT2D eigenvalue weighted by Gasteiger charge is 2.39. The van der Waals surface area contributed by atoms with E-state index in [4.69, 9.17) is 18.9 Å². The Morgan fingerprint density at radius 2 is 1.32 bits per heavy atom. The minimum absolute atomic E-state index is 0.0505. The summed E-state index contributed by atoms with van der Waals surface area (Å²) in [4.78, 5) is 19.0. The maximum atomic E-state index is 13.9. The van der Waals surface area contributed by atoms with Gasteiger partial charge in [-0.1, -0.05) is 200 Å². The van der Waals surface area contributed by atoms with Gasteiger partial charge in [0.1, 0.15) is 11.7 Å². The van der Waals surface area contributed by atoms with Gasteiger partial charge < -0.3 is 24.3 Å². The van der Waals surface area contributed by atoms with Crippen LogP contribution in [0.4, 0.5) is 0 Å². The zero-order valence-corrected chi connectivity index (χ0v) is 39.9. The monoisotopic (exact) mass is 955 g/mol. The summed E-state index contributed by atoms with van der Waals surface area (Å²) in [5.41, 5.74) is 9.78. The zero-order valence-electron chi connectivity index (χ0n) is 38.3. The average Bonchev–Trinajstić information content (AvgIpc) is 3.83. The third-order valence-corrected chi connectivity index (χ3v) is 14.8. The van der Waals surface area contributed by atoms with E-state index in [0.29, 0.717) is 16.7 Å². The first-order valence-corrected chi connectivity index (χ1v) is 25.4. The maximum absolute atomic E-state index is 13.9. The second kappa shape index (κ2) is 21.8. The molecule has 8 aromatic rings. The molecule has 1 aliphatic heterocycles. The Kier molecular flexibility index (Phi) is 15.0. The Labute approximate surface area is 407 Å². The van der Waals surface area contributed by atoms with Gasteiger partial charge >= 0.3 is 0 Å². The van der Waals surface area contributed by atoms with Crippen LogP contribution in [0.3, 0.4) is 0 Å². The van der Waals surface area contributed by atoms with E-state index in [0.717, 1.165) is 61.3 Å². The number of aliphatic hydroxyl groups excluding tert-OH is 1. The van der Waals surface area contributed by atoms with Crippen molar-refractivity contribution in [1.29, 1.82) is 0 Å². The van der Waals surface area contributed by atoms with Gasteiger partial charge in [0, 0.05) is 34.9 Å². The number of hydrogen-bond acceptors (Lipinski definition) is 9. The molecule has 2 heterocycles. The van der Waals surface area contributed by atoms with E-state index in [1.165, 1.54) is 11.8 Å². The summed E-state index contributed by atoms with van der Waals surface area (Å²) in [6.07, 6.45) is -1.11. The molecule has 9 rings (SSSR count). The van der Waals surface area contributed by atoms with Gasteiger partial charge in [0.05, 0.1) is 23.7 Å². The minimum atomic E-state index is -4.00. The summed E-state index contributed by atoms with van der Waals surface area (Å²) >= 11 is 1.51. The predicted octanol–water partition coefficient (Wildman–Crippen LogP) is 11.3. The molecule has 1 aromatic heterocycles. The van der Waals surface area contributed by atoms with Crippen molar-refractivity contribution in [3.63, 3.8) is 0 Å². The van der Waals surface area contributed by atoms with Crippen LogP contribution in [0.5, 0.6) is 0 Å². The van der Waals surface area contributed by atoms with Gasteiger partial charge in [0.2, 0.25) is 15.9 Å². The first-order chi connectivity index (χ1) is 33.6. The number of nitrogens with one attached hydrogen (secondary N) is 2. The number of sulfonamides is 1. The fraction of sp³-hybridized carbons (Fsp3) is 0.193. The number of hydrogen-bond donors (Lipinski definition) is 3. The molecule has 10 nitrogen and oxygen atoms in total. The van der Waals surface area contributed by atoms with E-state index < -0.39 is 28.3 Å². The van der Waals surface area contributed by atoms with E-state index in [9.17, 15) is 18.3 Å². The largest absolute Gasteiger partial charge is 0.431 e. The number of thioether (sulfide) groups is 1. The van der Waals surface area contributed by atoms with Gasteiger partial charge in [-0.15, -0.1) is 0 Å². The Morgan fingerprint density at radius 3 is 2.00 bits per heavy atom. The Balaban J connectivity index is 0.933. The van der Waals surface area contributed by atoms with Crippen LogP contribution in [0.15, 0.2) is 203 Å². The number of aryl methyl sites for hydroxylation is 1. The van der Waals surface area contributed by atoms with Crippen LogP contribution in [0, 0.1) is 12.8 Å². The van der Waals surface area contributed by atoms with Gasteiger partial charge in [0.25, 0.3) is 5.22 Å². The molecule has 0 aliphatic carbocycles. The van der Waals surface area contributed by atoms with Crippen LogP contribution >= 0.6 is 11.8 Å². The van der Waals surface area contributed by atoms with Gasteiger partial charge in [-0.3, -0.25) is 4.79 Å². The van der Waals surface area contributed by atoms with E-state index in [1.54, 1.807) is 24.3 Å². The number of aliphatic hydroxyl groups is 1. The molecule has 12 heteroatoms. The second-order valence-electron chi connectivity index (χ2n) is 17.2. The molecular formula is C57H53N3O7S2. The molecule has 0 bridgehead atoms. The number of benzene rings is 7. The number of amides is 1. The summed E-state index contributed by atoms with van der Waals surface area (Å²) in [7, 11) is -4.00. The van der Waals surface area contributed by atoms with Crippen molar-refractivity contribution in [3.05, 3.63) is 221 Å².